The Hall–Kier alpha value is -1.02. The van der Waals surface area contributed by atoms with Gasteiger partial charge >= 0.3 is 0 Å². The van der Waals surface area contributed by atoms with Gasteiger partial charge in [-0.3, -0.25) is 0 Å². The van der Waals surface area contributed by atoms with E-state index in [-0.39, 0.29) is 11.5 Å². The molecule has 0 bridgehead atoms. The first-order valence-corrected chi connectivity index (χ1v) is 5.38. The van der Waals surface area contributed by atoms with Crippen LogP contribution in [0.15, 0.2) is 18.2 Å². The maximum atomic E-state index is 6.07. The third-order valence-electron chi connectivity index (χ3n) is 3.70. The second kappa shape index (κ2) is 3.24. The average molecular weight is 205 g/mol. The van der Waals surface area contributed by atoms with Crippen molar-refractivity contribution < 1.29 is 4.74 Å². The SMILES string of the molecule is COc1cc([C@@H]2[C@@H](N)C2(C)C)ccc1C. The molecule has 0 saturated heterocycles. The van der Waals surface area contributed by atoms with Gasteiger partial charge in [-0.15, -0.1) is 0 Å². The molecular weight excluding hydrogens is 186 g/mol. The predicted octanol–water partition coefficient (Wildman–Crippen LogP) is 2.45. The van der Waals surface area contributed by atoms with Crippen molar-refractivity contribution in [2.24, 2.45) is 11.1 Å². The van der Waals surface area contributed by atoms with E-state index in [2.05, 4.69) is 39.0 Å². The Bertz CT molecular complexity index is 384. The number of methoxy groups -OCH3 is 1. The molecule has 1 aromatic rings. The quantitative estimate of drug-likeness (QED) is 0.805. The molecule has 2 rings (SSSR count). The van der Waals surface area contributed by atoms with Crippen molar-refractivity contribution in [1.29, 1.82) is 0 Å². The minimum atomic E-state index is 0.236. The molecule has 0 spiro atoms. The van der Waals surface area contributed by atoms with Crippen LogP contribution in [0.3, 0.4) is 0 Å². The fraction of sp³-hybridized carbons (Fsp3) is 0.538. The highest BCUT2D eigenvalue weighted by Gasteiger charge is 2.56. The molecule has 2 nitrogen and oxygen atoms in total. The van der Waals surface area contributed by atoms with Gasteiger partial charge < -0.3 is 10.5 Å². The summed E-state index contributed by atoms with van der Waals surface area (Å²) in [7, 11) is 1.71. The zero-order chi connectivity index (χ0) is 11.2. The highest BCUT2D eigenvalue weighted by Crippen LogP contribution is 2.57. The second-order valence-electron chi connectivity index (χ2n) is 5.05. The van der Waals surface area contributed by atoms with Gasteiger partial charge in [-0.05, 0) is 29.5 Å². The van der Waals surface area contributed by atoms with E-state index in [0.29, 0.717) is 5.92 Å². The lowest BCUT2D eigenvalue weighted by Crippen LogP contribution is -2.06. The lowest BCUT2D eigenvalue weighted by molar-refractivity contribution is 0.411. The van der Waals surface area contributed by atoms with E-state index < -0.39 is 0 Å². The van der Waals surface area contributed by atoms with E-state index in [1.54, 1.807) is 7.11 Å². The number of hydrogen-bond acceptors (Lipinski definition) is 2. The Labute approximate surface area is 91.4 Å². The van der Waals surface area contributed by atoms with Crippen LogP contribution < -0.4 is 10.5 Å². The summed E-state index contributed by atoms with van der Waals surface area (Å²) in [6, 6.07) is 6.67. The Morgan fingerprint density at radius 2 is 1.93 bits per heavy atom. The summed E-state index contributed by atoms with van der Waals surface area (Å²) >= 11 is 0. The van der Waals surface area contributed by atoms with Gasteiger partial charge in [0.25, 0.3) is 0 Å². The van der Waals surface area contributed by atoms with Crippen molar-refractivity contribution >= 4 is 0 Å². The van der Waals surface area contributed by atoms with Crippen LogP contribution in [0.1, 0.15) is 30.9 Å². The van der Waals surface area contributed by atoms with Gasteiger partial charge in [0.2, 0.25) is 0 Å². The molecule has 1 aliphatic carbocycles. The van der Waals surface area contributed by atoms with Gasteiger partial charge in [0.15, 0.2) is 0 Å². The van der Waals surface area contributed by atoms with Crippen LogP contribution in [-0.2, 0) is 0 Å². The summed E-state index contributed by atoms with van der Waals surface area (Å²) in [5.41, 5.74) is 8.78. The van der Waals surface area contributed by atoms with E-state index in [9.17, 15) is 0 Å². The lowest BCUT2D eigenvalue weighted by Gasteiger charge is -2.08. The van der Waals surface area contributed by atoms with Crippen LogP contribution >= 0.6 is 0 Å². The molecule has 0 heterocycles. The topological polar surface area (TPSA) is 35.2 Å². The van der Waals surface area contributed by atoms with Crippen LogP contribution in [-0.4, -0.2) is 13.2 Å². The Morgan fingerprint density at radius 1 is 1.33 bits per heavy atom. The van der Waals surface area contributed by atoms with Gasteiger partial charge in [0.1, 0.15) is 5.75 Å². The molecule has 1 aliphatic rings. The summed E-state index contributed by atoms with van der Waals surface area (Å²) in [6.07, 6.45) is 0. The normalized spacial score (nSPS) is 27.5. The number of ether oxygens (including phenoxy) is 1. The highest BCUT2D eigenvalue weighted by molar-refractivity contribution is 5.42. The molecule has 1 fully saturated rings. The monoisotopic (exact) mass is 205 g/mol. The summed E-state index contributed by atoms with van der Waals surface area (Å²) in [5, 5.41) is 0. The first-order chi connectivity index (χ1) is 6.98. The van der Waals surface area contributed by atoms with Crippen LogP contribution in [0.4, 0.5) is 0 Å². The number of nitrogens with two attached hydrogens (primary N) is 1. The number of benzene rings is 1. The summed E-state index contributed by atoms with van der Waals surface area (Å²) < 4.78 is 5.33. The molecule has 2 heteroatoms. The van der Waals surface area contributed by atoms with Crippen molar-refractivity contribution in [3.8, 4) is 5.75 Å². The van der Waals surface area contributed by atoms with Crippen molar-refractivity contribution in [2.45, 2.75) is 32.7 Å². The summed E-state index contributed by atoms with van der Waals surface area (Å²) in [5.74, 6) is 1.44. The van der Waals surface area contributed by atoms with Crippen molar-refractivity contribution in [1.82, 2.24) is 0 Å². The first-order valence-electron chi connectivity index (χ1n) is 5.38. The molecule has 0 radical (unpaired) electrons. The standard InChI is InChI=1S/C13H19NO/c1-8-5-6-9(7-10(8)15-4)11-12(14)13(11,2)3/h5-7,11-12H,14H2,1-4H3/t11-,12-/m1/s1. The average Bonchev–Trinajstić information content (AvgIpc) is 2.68. The van der Waals surface area contributed by atoms with E-state index in [1.165, 1.54) is 11.1 Å². The molecule has 0 aromatic heterocycles. The number of hydrogen-bond donors (Lipinski definition) is 1. The molecule has 2 atom stereocenters. The zero-order valence-corrected chi connectivity index (χ0v) is 9.87. The van der Waals surface area contributed by atoms with Gasteiger partial charge in [-0.25, -0.2) is 0 Å². The lowest BCUT2D eigenvalue weighted by atomic mass is 10.0. The predicted molar refractivity (Wildman–Crippen MR) is 62.2 cm³/mol. The molecule has 1 aromatic carbocycles. The Balaban J connectivity index is 2.32. The van der Waals surface area contributed by atoms with E-state index >= 15 is 0 Å². The molecule has 0 unspecified atom stereocenters. The summed E-state index contributed by atoms with van der Waals surface area (Å²) in [6.45, 7) is 6.49. The van der Waals surface area contributed by atoms with Gasteiger partial charge in [0, 0.05) is 12.0 Å². The molecule has 0 aliphatic heterocycles. The van der Waals surface area contributed by atoms with Crippen molar-refractivity contribution in [3.05, 3.63) is 29.3 Å². The van der Waals surface area contributed by atoms with Crippen LogP contribution in [0.5, 0.6) is 5.75 Å². The maximum absolute atomic E-state index is 6.07. The smallest absolute Gasteiger partial charge is 0.122 e. The molecule has 82 valence electrons. The largest absolute Gasteiger partial charge is 0.496 e. The third kappa shape index (κ3) is 1.53. The van der Waals surface area contributed by atoms with E-state index in [1.807, 2.05) is 0 Å². The third-order valence-corrected chi connectivity index (χ3v) is 3.70. The fourth-order valence-corrected chi connectivity index (χ4v) is 2.34. The van der Waals surface area contributed by atoms with Gasteiger partial charge in [0.05, 0.1) is 7.11 Å². The molecule has 1 saturated carbocycles. The first kappa shape index (κ1) is 10.5. The summed E-state index contributed by atoms with van der Waals surface area (Å²) in [4.78, 5) is 0. The Morgan fingerprint density at radius 3 is 2.40 bits per heavy atom. The highest BCUT2D eigenvalue weighted by atomic mass is 16.5. The van der Waals surface area contributed by atoms with E-state index in [0.717, 1.165) is 5.75 Å². The van der Waals surface area contributed by atoms with Gasteiger partial charge in [-0.2, -0.15) is 0 Å². The number of aryl methyl sites for hydroxylation is 1. The van der Waals surface area contributed by atoms with E-state index in [4.69, 9.17) is 10.5 Å². The molecule has 15 heavy (non-hydrogen) atoms. The van der Waals surface area contributed by atoms with Crippen LogP contribution in [0.25, 0.3) is 0 Å². The molecule has 2 N–H and O–H groups in total. The fourth-order valence-electron chi connectivity index (χ4n) is 2.34. The molecular formula is C13H19NO. The maximum Gasteiger partial charge on any atom is 0.122 e. The minimum Gasteiger partial charge on any atom is -0.496 e. The Kier molecular flexibility index (Phi) is 2.27. The van der Waals surface area contributed by atoms with Crippen LogP contribution in [0.2, 0.25) is 0 Å². The zero-order valence-electron chi connectivity index (χ0n) is 9.87. The second-order valence-corrected chi connectivity index (χ2v) is 5.05. The molecule has 0 amide bonds. The number of rotatable bonds is 2. The van der Waals surface area contributed by atoms with Crippen molar-refractivity contribution in [3.63, 3.8) is 0 Å². The minimum absolute atomic E-state index is 0.236. The van der Waals surface area contributed by atoms with Crippen LogP contribution in [0, 0.1) is 12.3 Å². The van der Waals surface area contributed by atoms with Gasteiger partial charge in [-0.1, -0.05) is 26.0 Å². The van der Waals surface area contributed by atoms with Crippen molar-refractivity contribution in [2.75, 3.05) is 7.11 Å².